The highest BCUT2D eigenvalue weighted by Crippen LogP contribution is 2.21. The first-order chi connectivity index (χ1) is 7.88. The molecule has 1 aromatic carbocycles. The van der Waals surface area contributed by atoms with Gasteiger partial charge in [0.1, 0.15) is 0 Å². The Kier molecular flexibility index (Phi) is 5.88. The van der Waals surface area contributed by atoms with E-state index in [9.17, 15) is 4.79 Å². The van der Waals surface area contributed by atoms with Crippen LogP contribution in [-0.2, 0) is 9.53 Å². The van der Waals surface area contributed by atoms with Crippen molar-refractivity contribution < 1.29 is 9.53 Å². The molecule has 4 heteroatoms. The molecule has 0 N–H and O–H groups in total. The van der Waals surface area contributed by atoms with Gasteiger partial charge in [0.2, 0.25) is 0 Å². The molecule has 0 spiro atoms. The van der Waals surface area contributed by atoms with Crippen LogP contribution in [0.5, 0.6) is 0 Å². The molecule has 0 radical (unpaired) electrons. The lowest BCUT2D eigenvalue weighted by Crippen LogP contribution is -1.80. The normalized spacial score (nSPS) is 8.81. The summed E-state index contributed by atoms with van der Waals surface area (Å²) >= 11 is 1.66. The number of nitrogens with zero attached hydrogens (tertiary/aromatic N) is 1. The van der Waals surface area contributed by atoms with Crippen LogP contribution in [0.3, 0.4) is 0 Å². The van der Waals surface area contributed by atoms with Gasteiger partial charge in [-0.15, -0.1) is 11.3 Å². The molecule has 84 valence electrons. The van der Waals surface area contributed by atoms with Gasteiger partial charge in [-0.2, -0.15) is 0 Å². The zero-order chi connectivity index (χ0) is 11.6. The minimum atomic E-state index is 0.431. The second-order valence-electron chi connectivity index (χ2n) is 2.78. The van der Waals surface area contributed by atoms with E-state index in [1.807, 2.05) is 29.9 Å². The Morgan fingerprint density at radius 3 is 2.56 bits per heavy atom. The quantitative estimate of drug-likeness (QED) is 0.768. The number of carbonyl (C=O) groups is 1. The van der Waals surface area contributed by atoms with Gasteiger partial charge in [-0.1, -0.05) is 30.3 Å². The predicted molar refractivity (Wildman–Crippen MR) is 65.2 cm³/mol. The SMILES string of the molecule is CCOC=O.c1ccc(-c2cncs2)cc1. The molecule has 0 aliphatic rings. The number of aromatic nitrogens is 1. The van der Waals surface area contributed by atoms with Crippen molar-refractivity contribution >= 4 is 17.8 Å². The molecule has 0 atom stereocenters. The van der Waals surface area contributed by atoms with Crippen LogP contribution in [0.1, 0.15) is 6.92 Å². The van der Waals surface area contributed by atoms with Crippen LogP contribution in [-0.4, -0.2) is 18.1 Å². The van der Waals surface area contributed by atoms with Crippen molar-refractivity contribution in [2.45, 2.75) is 6.92 Å². The summed E-state index contributed by atoms with van der Waals surface area (Å²) in [6.07, 6.45) is 1.89. The van der Waals surface area contributed by atoms with Gasteiger partial charge in [0, 0.05) is 6.20 Å². The van der Waals surface area contributed by atoms with Crippen molar-refractivity contribution in [1.82, 2.24) is 4.98 Å². The van der Waals surface area contributed by atoms with Crippen LogP contribution in [0.4, 0.5) is 0 Å². The van der Waals surface area contributed by atoms with Crippen LogP contribution >= 0.6 is 11.3 Å². The summed E-state index contributed by atoms with van der Waals surface area (Å²) in [6, 6.07) is 10.3. The van der Waals surface area contributed by atoms with Gasteiger partial charge in [-0.3, -0.25) is 9.78 Å². The standard InChI is InChI=1S/C9H7NS.C3H6O2/c1-2-4-8(5-3-1)9-6-10-7-11-9;1-2-5-3-4/h1-7H;3H,2H2,1H3. The second-order valence-corrected chi connectivity index (χ2v) is 3.67. The number of rotatable bonds is 3. The minimum Gasteiger partial charge on any atom is -0.468 e. The van der Waals surface area contributed by atoms with Crippen LogP contribution in [0.25, 0.3) is 10.4 Å². The van der Waals surface area contributed by atoms with E-state index >= 15 is 0 Å². The van der Waals surface area contributed by atoms with Gasteiger partial charge < -0.3 is 4.74 Å². The number of hydrogen-bond donors (Lipinski definition) is 0. The molecule has 0 aliphatic heterocycles. The topological polar surface area (TPSA) is 39.2 Å². The van der Waals surface area contributed by atoms with Crippen molar-refractivity contribution in [2.75, 3.05) is 6.61 Å². The van der Waals surface area contributed by atoms with Crippen molar-refractivity contribution in [1.29, 1.82) is 0 Å². The zero-order valence-corrected chi connectivity index (χ0v) is 9.81. The molecule has 0 unspecified atom stereocenters. The summed E-state index contributed by atoms with van der Waals surface area (Å²) in [6.45, 7) is 2.66. The molecule has 3 nitrogen and oxygen atoms in total. The molecule has 0 fully saturated rings. The van der Waals surface area contributed by atoms with Gasteiger partial charge in [0.15, 0.2) is 0 Å². The highest BCUT2D eigenvalue weighted by atomic mass is 32.1. The fourth-order valence-corrected chi connectivity index (χ4v) is 1.66. The first kappa shape index (κ1) is 12.4. The third-order valence-electron chi connectivity index (χ3n) is 1.73. The number of hydrogen-bond acceptors (Lipinski definition) is 4. The largest absolute Gasteiger partial charge is 0.468 e. The summed E-state index contributed by atoms with van der Waals surface area (Å²) in [5.74, 6) is 0. The van der Waals surface area contributed by atoms with Gasteiger partial charge >= 0.3 is 0 Å². The Hall–Kier alpha value is -1.68. The Bertz CT molecular complexity index is 387. The molecule has 16 heavy (non-hydrogen) atoms. The maximum atomic E-state index is 9.18. The van der Waals surface area contributed by atoms with Crippen molar-refractivity contribution in [3.63, 3.8) is 0 Å². The molecular formula is C12H13NO2S. The fraction of sp³-hybridized carbons (Fsp3) is 0.167. The van der Waals surface area contributed by atoms with E-state index in [-0.39, 0.29) is 0 Å². The van der Waals surface area contributed by atoms with Crippen LogP contribution in [0.15, 0.2) is 42.0 Å². The van der Waals surface area contributed by atoms with Gasteiger partial charge in [-0.25, -0.2) is 0 Å². The first-order valence-corrected chi connectivity index (χ1v) is 5.75. The van der Waals surface area contributed by atoms with E-state index in [1.165, 1.54) is 10.4 Å². The van der Waals surface area contributed by atoms with E-state index in [4.69, 9.17) is 0 Å². The monoisotopic (exact) mass is 235 g/mol. The van der Waals surface area contributed by atoms with E-state index in [0.717, 1.165) is 0 Å². The van der Waals surface area contributed by atoms with Crippen LogP contribution < -0.4 is 0 Å². The number of benzene rings is 1. The second kappa shape index (κ2) is 7.59. The number of ether oxygens (including phenoxy) is 1. The molecule has 0 saturated heterocycles. The maximum absolute atomic E-state index is 9.18. The van der Waals surface area contributed by atoms with Crippen molar-refractivity contribution in [3.05, 3.63) is 42.0 Å². The summed E-state index contributed by atoms with van der Waals surface area (Å²) in [7, 11) is 0. The molecule has 1 heterocycles. The molecule has 0 aliphatic carbocycles. The smallest absolute Gasteiger partial charge is 0.293 e. The third kappa shape index (κ3) is 4.23. The summed E-state index contributed by atoms with van der Waals surface area (Å²) in [5, 5.41) is 0. The molecule has 0 bridgehead atoms. The lowest BCUT2D eigenvalue weighted by atomic mass is 10.2. The zero-order valence-electron chi connectivity index (χ0n) is 9.00. The summed E-state index contributed by atoms with van der Waals surface area (Å²) in [4.78, 5) is 14.4. The van der Waals surface area contributed by atoms with Crippen molar-refractivity contribution in [2.24, 2.45) is 0 Å². The predicted octanol–water partition coefficient (Wildman–Crippen LogP) is 2.99. The molecule has 1 aromatic heterocycles. The lowest BCUT2D eigenvalue weighted by Gasteiger charge is -1.92. The maximum Gasteiger partial charge on any atom is 0.293 e. The van der Waals surface area contributed by atoms with E-state index < -0.39 is 0 Å². The van der Waals surface area contributed by atoms with Gasteiger partial charge in [0.25, 0.3) is 6.47 Å². The fourth-order valence-electron chi connectivity index (χ4n) is 1.03. The van der Waals surface area contributed by atoms with Crippen molar-refractivity contribution in [3.8, 4) is 10.4 Å². The summed E-state index contributed by atoms with van der Waals surface area (Å²) in [5.41, 5.74) is 3.09. The molecule has 2 aromatic rings. The molecular weight excluding hydrogens is 222 g/mol. The van der Waals surface area contributed by atoms with Crippen LogP contribution in [0, 0.1) is 0 Å². The van der Waals surface area contributed by atoms with E-state index in [1.54, 1.807) is 18.3 Å². The van der Waals surface area contributed by atoms with Crippen LogP contribution in [0.2, 0.25) is 0 Å². The Balaban J connectivity index is 0.000000221. The van der Waals surface area contributed by atoms with Gasteiger partial charge in [0.05, 0.1) is 17.0 Å². The highest BCUT2D eigenvalue weighted by Gasteiger charge is 1.95. The summed E-state index contributed by atoms with van der Waals surface area (Å²) < 4.78 is 4.15. The Labute approximate surface area is 98.7 Å². The lowest BCUT2D eigenvalue weighted by molar-refractivity contribution is -0.128. The average molecular weight is 235 g/mol. The highest BCUT2D eigenvalue weighted by molar-refractivity contribution is 7.13. The number of carbonyl (C=O) groups excluding carboxylic acids is 1. The van der Waals surface area contributed by atoms with E-state index in [0.29, 0.717) is 13.1 Å². The first-order valence-electron chi connectivity index (χ1n) is 4.87. The average Bonchev–Trinajstić information content (AvgIpc) is 2.86. The Morgan fingerprint density at radius 1 is 1.38 bits per heavy atom. The Morgan fingerprint density at radius 2 is 2.12 bits per heavy atom. The number of thiazole rings is 1. The third-order valence-corrected chi connectivity index (χ3v) is 2.55. The minimum absolute atomic E-state index is 0.431. The molecule has 0 amide bonds. The van der Waals surface area contributed by atoms with Gasteiger partial charge in [-0.05, 0) is 12.5 Å². The molecule has 0 saturated carbocycles. The van der Waals surface area contributed by atoms with E-state index in [2.05, 4.69) is 21.9 Å². The molecule has 2 rings (SSSR count).